The molecule has 1 heterocycles. The van der Waals surface area contributed by atoms with E-state index in [0.29, 0.717) is 17.1 Å². The highest BCUT2D eigenvalue weighted by Crippen LogP contribution is 2.31. The minimum Gasteiger partial charge on any atom is -0.468 e. The standard InChI is InChI=1S/C14H15NO3S/c1-9-4-3-5-12(13(9)15)19-8-11-10(6-7-18-11)14(16)17-2/h3-7H,8,15H2,1-2H3. The number of nitrogen functional groups attached to an aromatic ring is 1. The smallest absolute Gasteiger partial charge is 0.341 e. The molecule has 19 heavy (non-hydrogen) atoms. The Morgan fingerprint density at radius 3 is 2.95 bits per heavy atom. The van der Waals surface area contributed by atoms with Crippen molar-refractivity contribution in [1.82, 2.24) is 0 Å². The van der Waals surface area contributed by atoms with Crippen LogP contribution in [-0.2, 0) is 10.5 Å². The van der Waals surface area contributed by atoms with Crippen LogP contribution < -0.4 is 5.73 Å². The van der Waals surface area contributed by atoms with Crippen molar-refractivity contribution in [1.29, 1.82) is 0 Å². The first-order valence-electron chi connectivity index (χ1n) is 5.76. The van der Waals surface area contributed by atoms with Crippen molar-refractivity contribution in [2.45, 2.75) is 17.6 Å². The van der Waals surface area contributed by atoms with E-state index >= 15 is 0 Å². The maximum Gasteiger partial charge on any atom is 0.341 e. The van der Waals surface area contributed by atoms with Gasteiger partial charge < -0.3 is 14.9 Å². The maximum atomic E-state index is 11.5. The fraction of sp³-hybridized carbons (Fsp3) is 0.214. The van der Waals surface area contributed by atoms with E-state index in [2.05, 4.69) is 0 Å². The second-order valence-corrected chi connectivity index (χ2v) is 5.04. The molecule has 5 heteroatoms. The van der Waals surface area contributed by atoms with Gasteiger partial charge in [-0.3, -0.25) is 0 Å². The molecule has 100 valence electrons. The van der Waals surface area contributed by atoms with E-state index in [4.69, 9.17) is 14.9 Å². The molecule has 0 atom stereocenters. The lowest BCUT2D eigenvalue weighted by Gasteiger charge is -2.07. The summed E-state index contributed by atoms with van der Waals surface area (Å²) in [6.45, 7) is 1.96. The highest BCUT2D eigenvalue weighted by molar-refractivity contribution is 7.98. The average molecular weight is 277 g/mol. The third-order valence-corrected chi connectivity index (χ3v) is 3.87. The lowest BCUT2D eigenvalue weighted by Crippen LogP contribution is -2.02. The number of ether oxygens (including phenoxy) is 1. The normalized spacial score (nSPS) is 10.4. The van der Waals surface area contributed by atoms with Gasteiger partial charge in [0.15, 0.2) is 0 Å². The second kappa shape index (κ2) is 5.84. The van der Waals surface area contributed by atoms with Crippen molar-refractivity contribution in [3.8, 4) is 0 Å². The fourth-order valence-corrected chi connectivity index (χ4v) is 2.67. The number of para-hydroxylation sites is 1. The van der Waals surface area contributed by atoms with Gasteiger partial charge in [-0.25, -0.2) is 4.79 Å². The van der Waals surface area contributed by atoms with Gasteiger partial charge in [0.05, 0.1) is 19.1 Å². The molecule has 0 aliphatic carbocycles. The number of hydrogen-bond acceptors (Lipinski definition) is 5. The van der Waals surface area contributed by atoms with E-state index in [1.54, 1.807) is 6.07 Å². The Hall–Kier alpha value is -1.88. The first-order valence-corrected chi connectivity index (χ1v) is 6.74. The van der Waals surface area contributed by atoms with Gasteiger partial charge in [0.25, 0.3) is 0 Å². The molecule has 0 saturated carbocycles. The van der Waals surface area contributed by atoms with E-state index in [1.165, 1.54) is 25.1 Å². The number of benzene rings is 1. The maximum absolute atomic E-state index is 11.5. The number of carbonyl (C=O) groups is 1. The predicted molar refractivity (Wildman–Crippen MR) is 75.2 cm³/mol. The summed E-state index contributed by atoms with van der Waals surface area (Å²) in [7, 11) is 1.35. The fourth-order valence-electron chi connectivity index (χ4n) is 1.67. The van der Waals surface area contributed by atoms with Crippen LogP contribution in [0.5, 0.6) is 0 Å². The SMILES string of the molecule is COC(=O)c1ccoc1CSc1cccc(C)c1N. The quantitative estimate of drug-likeness (QED) is 0.528. The Balaban J connectivity index is 2.13. The van der Waals surface area contributed by atoms with Crippen molar-refractivity contribution in [2.75, 3.05) is 12.8 Å². The first-order chi connectivity index (χ1) is 9.13. The zero-order chi connectivity index (χ0) is 13.8. The van der Waals surface area contributed by atoms with Gasteiger partial charge in [-0.2, -0.15) is 0 Å². The molecule has 0 saturated heterocycles. The lowest BCUT2D eigenvalue weighted by molar-refractivity contribution is 0.0598. The second-order valence-electron chi connectivity index (χ2n) is 4.02. The number of hydrogen-bond donors (Lipinski definition) is 1. The third-order valence-electron chi connectivity index (χ3n) is 2.79. The molecular formula is C14H15NO3S. The van der Waals surface area contributed by atoms with E-state index in [1.807, 2.05) is 25.1 Å². The van der Waals surface area contributed by atoms with Crippen LogP contribution in [0.2, 0.25) is 0 Å². The van der Waals surface area contributed by atoms with Crippen LogP contribution in [0, 0.1) is 6.92 Å². The van der Waals surface area contributed by atoms with Crippen molar-refractivity contribution in [2.24, 2.45) is 0 Å². The number of rotatable bonds is 4. The van der Waals surface area contributed by atoms with E-state index < -0.39 is 0 Å². The number of thioether (sulfide) groups is 1. The van der Waals surface area contributed by atoms with Crippen LogP contribution >= 0.6 is 11.8 Å². The zero-order valence-electron chi connectivity index (χ0n) is 10.8. The molecule has 2 aromatic rings. The van der Waals surface area contributed by atoms with Crippen molar-refractivity contribution < 1.29 is 13.9 Å². The number of nitrogens with two attached hydrogens (primary N) is 1. The Morgan fingerprint density at radius 1 is 1.42 bits per heavy atom. The number of anilines is 1. The van der Waals surface area contributed by atoms with Gasteiger partial charge >= 0.3 is 5.97 Å². The minimum absolute atomic E-state index is 0.387. The third kappa shape index (κ3) is 2.93. The number of aryl methyl sites for hydroxylation is 1. The van der Waals surface area contributed by atoms with Gasteiger partial charge in [-0.1, -0.05) is 12.1 Å². The largest absolute Gasteiger partial charge is 0.468 e. The molecule has 1 aromatic heterocycles. The molecular weight excluding hydrogens is 262 g/mol. The molecule has 2 rings (SSSR count). The van der Waals surface area contributed by atoms with E-state index in [-0.39, 0.29) is 5.97 Å². The van der Waals surface area contributed by atoms with Gasteiger partial charge in [0.2, 0.25) is 0 Å². The van der Waals surface area contributed by atoms with E-state index in [0.717, 1.165) is 16.1 Å². The number of furan rings is 1. The summed E-state index contributed by atoms with van der Waals surface area (Å²) in [6, 6.07) is 7.48. The predicted octanol–water partition coefficient (Wildman–Crippen LogP) is 3.25. The number of methoxy groups -OCH3 is 1. The van der Waals surface area contributed by atoms with Crippen LogP contribution in [0.4, 0.5) is 5.69 Å². The topological polar surface area (TPSA) is 65.5 Å². The Kier molecular flexibility index (Phi) is 4.16. The molecule has 4 nitrogen and oxygen atoms in total. The highest BCUT2D eigenvalue weighted by atomic mass is 32.2. The van der Waals surface area contributed by atoms with Crippen LogP contribution in [0.1, 0.15) is 21.7 Å². The van der Waals surface area contributed by atoms with Crippen LogP contribution in [0.25, 0.3) is 0 Å². The summed E-state index contributed by atoms with van der Waals surface area (Å²) in [4.78, 5) is 12.5. The Morgan fingerprint density at radius 2 is 2.21 bits per heavy atom. The van der Waals surface area contributed by atoms with Crippen LogP contribution in [0.15, 0.2) is 39.8 Å². The van der Waals surface area contributed by atoms with Crippen molar-refractivity contribution in [3.63, 3.8) is 0 Å². The summed E-state index contributed by atoms with van der Waals surface area (Å²) >= 11 is 1.53. The molecule has 0 bridgehead atoms. The summed E-state index contributed by atoms with van der Waals surface area (Å²) in [5, 5.41) is 0. The van der Waals surface area contributed by atoms with Gasteiger partial charge in [0, 0.05) is 10.6 Å². The van der Waals surface area contributed by atoms with Crippen molar-refractivity contribution >= 4 is 23.4 Å². The molecule has 1 aromatic carbocycles. The molecule has 0 fully saturated rings. The monoisotopic (exact) mass is 277 g/mol. The summed E-state index contributed by atoms with van der Waals surface area (Å²) in [6.07, 6.45) is 1.49. The van der Waals surface area contributed by atoms with Gasteiger partial charge in [-0.05, 0) is 24.6 Å². The van der Waals surface area contributed by atoms with Crippen molar-refractivity contribution in [3.05, 3.63) is 47.4 Å². The summed E-state index contributed by atoms with van der Waals surface area (Å²) in [5.74, 6) is 0.741. The lowest BCUT2D eigenvalue weighted by atomic mass is 10.2. The zero-order valence-corrected chi connectivity index (χ0v) is 11.6. The summed E-state index contributed by atoms with van der Waals surface area (Å²) in [5.41, 5.74) is 8.26. The van der Waals surface area contributed by atoms with Gasteiger partial charge in [-0.15, -0.1) is 11.8 Å². The minimum atomic E-state index is -0.387. The molecule has 0 aliphatic rings. The highest BCUT2D eigenvalue weighted by Gasteiger charge is 2.15. The number of carbonyl (C=O) groups excluding carboxylic acids is 1. The first kappa shape index (κ1) is 13.5. The molecule has 2 N–H and O–H groups in total. The molecule has 0 spiro atoms. The molecule has 0 amide bonds. The molecule has 0 unspecified atom stereocenters. The van der Waals surface area contributed by atoms with Gasteiger partial charge in [0.1, 0.15) is 11.3 Å². The molecule has 0 radical (unpaired) electrons. The molecule has 0 aliphatic heterocycles. The van der Waals surface area contributed by atoms with Crippen LogP contribution in [-0.4, -0.2) is 13.1 Å². The Labute approximate surface area is 115 Å². The van der Waals surface area contributed by atoms with E-state index in [9.17, 15) is 4.79 Å². The summed E-state index contributed by atoms with van der Waals surface area (Å²) < 4.78 is 10.0. The Bertz CT molecular complexity index is 592. The van der Waals surface area contributed by atoms with Crippen LogP contribution in [0.3, 0.4) is 0 Å². The average Bonchev–Trinajstić information content (AvgIpc) is 2.88. The number of esters is 1.